The first-order valence-electron chi connectivity index (χ1n) is 3.80. The maximum atomic E-state index is 11.2. The smallest absolute Gasteiger partial charge is 0.212 e. The predicted octanol–water partition coefficient (Wildman–Crippen LogP) is 2.17. The van der Waals surface area contributed by atoms with E-state index in [9.17, 15) is 8.42 Å². The van der Waals surface area contributed by atoms with Crippen molar-refractivity contribution < 1.29 is 8.42 Å². The highest BCUT2D eigenvalue weighted by Crippen LogP contribution is 2.22. The van der Waals surface area contributed by atoms with Gasteiger partial charge in [-0.1, -0.05) is 0 Å². The number of alkyl halides is 1. The van der Waals surface area contributed by atoms with Crippen LogP contribution in [0.15, 0.2) is 15.9 Å². The van der Waals surface area contributed by atoms with Gasteiger partial charge in [0.25, 0.3) is 0 Å². The van der Waals surface area contributed by atoms with E-state index in [1.165, 1.54) is 11.3 Å². The van der Waals surface area contributed by atoms with E-state index in [1.807, 2.05) is 11.4 Å². The Bertz CT molecular complexity index is 390. The third-order valence-corrected chi connectivity index (χ3v) is 5.15. The minimum absolute atomic E-state index is 0.0441. The van der Waals surface area contributed by atoms with Gasteiger partial charge in [0.2, 0.25) is 10.0 Å². The molecule has 0 saturated heterocycles. The Kier molecular flexibility index (Phi) is 4.86. The van der Waals surface area contributed by atoms with E-state index >= 15 is 0 Å². The van der Waals surface area contributed by atoms with Crippen LogP contribution in [0.1, 0.15) is 4.88 Å². The van der Waals surface area contributed by atoms with Crippen LogP contribution in [-0.2, 0) is 16.6 Å². The molecule has 1 heterocycles. The second-order valence-electron chi connectivity index (χ2n) is 2.52. The molecule has 1 aromatic rings. The van der Waals surface area contributed by atoms with Gasteiger partial charge in [-0.2, -0.15) is 0 Å². The molecule has 14 heavy (non-hydrogen) atoms. The van der Waals surface area contributed by atoms with Gasteiger partial charge in [0.15, 0.2) is 0 Å². The van der Waals surface area contributed by atoms with E-state index in [0.717, 1.165) is 9.35 Å². The molecule has 0 aliphatic heterocycles. The standard InChI is InChI=1S/C7H9BrClNO2S2/c8-6-1-3-13-7(6)5-10-14(11,12)4-2-9/h1,3,10H,2,4-5H2. The van der Waals surface area contributed by atoms with Crippen LogP contribution in [0.5, 0.6) is 0 Å². The van der Waals surface area contributed by atoms with Gasteiger partial charge in [-0.25, -0.2) is 13.1 Å². The number of rotatable bonds is 5. The van der Waals surface area contributed by atoms with Crippen molar-refractivity contribution >= 4 is 48.9 Å². The summed E-state index contributed by atoms with van der Waals surface area (Å²) in [4.78, 5) is 0.961. The fraction of sp³-hybridized carbons (Fsp3) is 0.429. The summed E-state index contributed by atoms with van der Waals surface area (Å²) in [7, 11) is -3.22. The van der Waals surface area contributed by atoms with Crippen molar-refractivity contribution in [1.29, 1.82) is 0 Å². The molecule has 0 spiro atoms. The molecule has 0 aliphatic carbocycles. The second kappa shape index (κ2) is 5.46. The predicted molar refractivity (Wildman–Crippen MR) is 63.4 cm³/mol. The molecule has 0 unspecified atom stereocenters. The summed E-state index contributed by atoms with van der Waals surface area (Å²) in [5.41, 5.74) is 0. The van der Waals surface area contributed by atoms with Crippen LogP contribution in [0.25, 0.3) is 0 Å². The van der Waals surface area contributed by atoms with E-state index in [4.69, 9.17) is 11.6 Å². The van der Waals surface area contributed by atoms with Crippen LogP contribution in [-0.4, -0.2) is 20.1 Å². The van der Waals surface area contributed by atoms with E-state index in [2.05, 4.69) is 20.7 Å². The average molecular weight is 319 g/mol. The average Bonchev–Trinajstić information content (AvgIpc) is 2.48. The Morgan fingerprint density at radius 3 is 2.79 bits per heavy atom. The van der Waals surface area contributed by atoms with Crippen molar-refractivity contribution in [2.45, 2.75) is 6.54 Å². The summed E-state index contributed by atoms with van der Waals surface area (Å²) in [5, 5.41) is 1.90. The maximum absolute atomic E-state index is 11.2. The molecule has 0 saturated carbocycles. The molecule has 80 valence electrons. The van der Waals surface area contributed by atoms with E-state index in [0.29, 0.717) is 6.54 Å². The maximum Gasteiger partial charge on any atom is 0.213 e. The van der Waals surface area contributed by atoms with Gasteiger partial charge in [-0.15, -0.1) is 22.9 Å². The third-order valence-electron chi connectivity index (χ3n) is 1.49. The normalized spacial score (nSPS) is 11.9. The summed E-state index contributed by atoms with van der Waals surface area (Å²) < 4.78 is 25.9. The minimum Gasteiger partial charge on any atom is -0.212 e. The van der Waals surface area contributed by atoms with Crippen LogP contribution in [0.2, 0.25) is 0 Å². The lowest BCUT2D eigenvalue weighted by molar-refractivity contribution is 0.583. The van der Waals surface area contributed by atoms with Crippen LogP contribution < -0.4 is 4.72 Å². The number of nitrogens with one attached hydrogen (secondary N) is 1. The first-order chi connectivity index (χ1) is 6.55. The Balaban J connectivity index is 2.53. The van der Waals surface area contributed by atoms with Crippen molar-refractivity contribution in [3.63, 3.8) is 0 Å². The number of halogens is 2. The minimum atomic E-state index is -3.22. The first kappa shape index (κ1) is 12.4. The Labute approximate surface area is 101 Å². The highest BCUT2D eigenvalue weighted by Gasteiger charge is 2.10. The first-order valence-corrected chi connectivity index (χ1v) is 7.66. The van der Waals surface area contributed by atoms with Crippen LogP contribution in [0, 0.1) is 0 Å². The van der Waals surface area contributed by atoms with Crippen molar-refractivity contribution in [2.75, 3.05) is 11.6 Å². The van der Waals surface area contributed by atoms with Crippen LogP contribution >= 0.6 is 38.9 Å². The highest BCUT2D eigenvalue weighted by molar-refractivity contribution is 9.10. The molecular weight excluding hydrogens is 310 g/mol. The molecule has 0 amide bonds. The molecule has 0 atom stereocenters. The summed E-state index contributed by atoms with van der Waals surface area (Å²) >= 11 is 10.2. The van der Waals surface area contributed by atoms with Gasteiger partial charge in [0.05, 0.1) is 5.75 Å². The molecular formula is C7H9BrClNO2S2. The molecule has 0 bridgehead atoms. The van der Waals surface area contributed by atoms with Crippen molar-refractivity contribution in [3.05, 3.63) is 20.8 Å². The fourth-order valence-corrected chi connectivity index (χ4v) is 3.65. The second-order valence-corrected chi connectivity index (χ2v) is 6.68. The molecule has 7 heteroatoms. The van der Waals surface area contributed by atoms with Crippen molar-refractivity contribution in [2.24, 2.45) is 0 Å². The Morgan fingerprint density at radius 2 is 2.29 bits per heavy atom. The highest BCUT2D eigenvalue weighted by atomic mass is 79.9. The van der Waals surface area contributed by atoms with Gasteiger partial charge in [0, 0.05) is 21.8 Å². The number of hydrogen-bond donors (Lipinski definition) is 1. The Hall–Kier alpha value is 0.380. The van der Waals surface area contributed by atoms with Gasteiger partial charge >= 0.3 is 0 Å². The summed E-state index contributed by atoms with van der Waals surface area (Å²) in [6, 6.07) is 1.88. The van der Waals surface area contributed by atoms with E-state index in [-0.39, 0.29) is 11.6 Å². The summed E-state index contributed by atoms with van der Waals surface area (Å²) in [5.74, 6) is 0.0679. The zero-order chi connectivity index (χ0) is 10.6. The molecule has 0 radical (unpaired) electrons. The monoisotopic (exact) mass is 317 g/mol. The fourth-order valence-electron chi connectivity index (χ4n) is 0.800. The zero-order valence-corrected chi connectivity index (χ0v) is 11.1. The number of sulfonamides is 1. The molecule has 3 nitrogen and oxygen atoms in total. The largest absolute Gasteiger partial charge is 0.213 e. The van der Waals surface area contributed by atoms with E-state index < -0.39 is 10.0 Å². The molecule has 1 N–H and O–H groups in total. The molecule has 0 fully saturated rings. The van der Waals surface area contributed by atoms with Gasteiger partial charge in [-0.3, -0.25) is 0 Å². The number of thiophene rings is 1. The van der Waals surface area contributed by atoms with Crippen LogP contribution in [0.3, 0.4) is 0 Å². The zero-order valence-electron chi connectivity index (χ0n) is 7.16. The SMILES string of the molecule is O=S(=O)(CCCl)NCc1sccc1Br. The van der Waals surface area contributed by atoms with Crippen LogP contribution in [0.4, 0.5) is 0 Å². The molecule has 0 aliphatic rings. The third kappa shape index (κ3) is 3.86. The lowest BCUT2D eigenvalue weighted by atomic mass is 10.5. The topological polar surface area (TPSA) is 46.2 Å². The molecule has 1 rings (SSSR count). The van der Waals surface area contributed by atoms with E-state index in [1.54, 1.807) is 0 Å². The van der Waals surface area contributed by atoms with Gasteiger partial charge in [0.1, 0.15) is 0 Å². The van der Waals surface area contributed by atoms with Crippen molar-refractivity contribution in [3.8, 4) is 0 Å². The lowest BCUT2D eigenvalue weighted by Gasteiger charge is -2.03. The van der Waals surface area contributed by atoms with Crippen molar-refractivity contribution in [1.82, 2.24) is 4.72 Å². The van der Waals surface area contributed by atoms with Gasteiger partial charge < -0.3 is 0 Å². The lowest BCUT2D eigenvalue weighted by Crippen LogP contribution is -2.26. The number of hydrogen-bond acceptors (Lipinski definition) is 3. The summed E-state index contributed by atoms with van der Waals surface area (Å²) in [6.45, 7) is 0.317. The van der Waals surface area contributed by atoms with Gasteiger partial charge in [-0.05, 0) is 27.4 Å². The summed E-state index contributed by atoms with van der Waals surface area (Å²) in [6.07, 6.45) is 0. The molecule has 0 aromatic carbocycles. The Morgan fingerprint density at radius 1 is 1.57 bits per heavy atom. The quantitative estimate of drug-likeness (QED) is 0.846. The molecule has 1 aromatic heterocycles.